The molecular formula is C10H15N5O. The molecule has 2 N–H and O–H groups in total. The SMILES string of the molecule is Cc1nn(C)c(Oc2cnn(C)c2)c1CN. The van der Waals surface area contributed by atoms with Crippen molar-refractivity contribution in [3.05, 3.63) is 23.7 Å². The molecule has 6 nitrogen and oxygen atoms in total. The van der Waals surface area contributed by atoms with Gasteiger partial charge in [-0.1, -0.05) is 0 Å². The van der Waals surface area contributed by atoms with Gasteiger partial charge in [0.15, 0.2) is 5.75 Å². The van der Waals surface area contributed by atoms with Crippen molar-refractivity contribution in [2.75, 3.05) is 0 Å². The molecule has 0 spiro atoms. The van der Waals surface area contributed by atoms with Crippen LogP contribution in [0.3, 0.4) is 0 Å². The normalized spacial score (nSPS) is 10.8. The van der Waals surface area contributed by atoms with E-state index in [0.29, 0.717) is 18.2 Å². The molecule has 0 radical (unpaired) electrons. The molecule has 0 atom stereocenters. The predicted octanol–water partition coefficient (Wildman–Crippen LogP) is 0.713. The Balaban J connectivity index is 2.33. The van der Waals surface area contributed by atoms with Gasteiger partial charge in [0, 0.05) is 20.6 Å². The van der Waals surface area contributed by atoms with Crippen LogP contribution in [0.5, 0.6) is 11.6 Å². The summed E-state index contributed by atoms with van der Waals surface area (Å²) in [5.74, 6) is 1.35. The fraction of sp³-hybridized carbons (Fsp3) is 0.400. The van der Waals surface area contributed by atoms with Crippen LogP contribution in [-0.2, 0) is 20.6 Å². The molecule has 2 rings (SSSR count). The first-order valence-corrected chi connectivity index (χ1v) is 5.01. The maximum Gasteiger partial charge on any atom is 0.222 e. The van der Waals surface area contributed by atoms with E-state index < -0.39 is 0 Å². The van der Waals surface area contributed by atoms with Gasteiger partial charge in [0.05, 0.1) is 23.7 Å². The van der Waals surface area contributed by atoms with Crippen LogP contribution >= 0.6 is 0 Å². The number of aromatic nitrogens is 4. The minimum Gasteiger partial charge on any atom is -0.436 e. The Morgan fingerprint density at radius 1 is 1.44 bits per heavy atom. The monoisotopic (exact) mass is 221 g/mol. The predicted molar refractivity (Wildman–Crippen MR) is 59.1 cm³/mol. The molecule has 0 aliphatic carbocycles. The van der Waals surface area contributed by atoms with Crippen LogP contribution in [-0.4, -0.2) is 19.6 Å². The second-order valence-corrected chi connectivity index (χ2v) is 3.65. The molecule has 0 aromatic carbocycles. The largest absolute Gasteiger partial charge is 0.436 e. The molecule has 0 saturated carbocycles. The Labute approximate surface area is 93.6 Å². The third-order valence-corrected chi connectivity index (χ3v) is 2.39. The third-order valence-electron chi connectivity index (χ3n) is 2.39. The Bertz CT molecular complexity index is 499. The van der Waals surface area contributed by atoms with Gasteiger partial charge in [0.1, 0.15) is 0 Å². The quantitative estimate of drug-likeness (QED) is 0.828. The zero-order valence-corrected chi connectivity index (χ0v) is 9.64. The molecular weight excluding hydrogens is 206 g/mol. The highest BCUT2D eigenvalue weighted by Gasteiger charge is 2.14. The first-order valence-electron chi connectivity index (χ1n) is 5.01. The summed E-state index contributed by atoms with van der Waals surface area (Å²) in [6, 6.07) is 0. The Kier molecular flexibility index (Phi) is 2.66. The van der Waals surface area contributed by atoms with Crippen molar-refractivity contribution in [1.82, 2.24) is 19.6 Å². The first-order chi connectivity index (χ1) is 7.61. The van der Waals surface area contributed by atoms with E-state index in [1.807, 2.05) is 21.0 Å². The van der Waals surface area contributed by atoms with Crippen LogP contribution < -0.4 is 10.5 Å². The average molecular weight is 221 g/mol. The summed E-state index contributed by atoms with van der Waals surface area (Å²) < 4.78 is 9.08. The van der Waals surface area contributed by atoms with E-state index in [4.69, 9.17) is 10.5 Å². The van der Waals surface area contributed by atoms with Crippen molar-refractivity contribution in [3.8, 4) is 11.6 Å². The lowest BCUT2D eigenvalue weighted by atomic mass is 10.2. The van der Waals surface area contributed by atoms with Crippen LogP contribution in [0.2, 0.25) is 0 Å². The van der Waals surface area contributed by atoms with Gasteiger partial charge < -0.3 is 10.5 Å². The number of hydrogen-bond acceptors (Lipinski definition) is 4. The summed E-state index contributed by atoms with van der Waals surface area (Å²) in [7, 11) is 3.67. The van der Waals surface area contributed by atoms with E-state index in [1.54, 1.807) is 21.8 Å². The highest BCUT2D eigenvalue weighted by molar-refractivity contribution is 5.34. The third kappa shape index (κ3) is 1.79. The standard InChI is InChI=1S/C10H15N5O/c1-7-9(4-11)10(15(3)13-7)16-8-5-12-14(2)6-8/h5-6H,4,11H2,1-3H3. The second kappa shape index (κ2) is 3.97. The van der Waals surface area contributed by atoms with Crippen molar-refractivity contribution < 1.29 is 4.74 Å². The number of rotatable bonds is 3. The molecule has 0 fully saturated rings. The molecule has 2 aromatic rings. The molecule has 0 bridgehead atoms. The first kappa shape index (κ1) is 10.7. The van der Waals surface area contributed by atoms with Crippen molar-refractivity contribution in [3.63, 3.8) is 0 Å². The van der Waals surface area contributed by atoms with Gasteiger partial charge >= 0.3 is 0 Å². The molecule has 86 valence electrons. The smallest absolute Gasteiger partial charge is 0.222 e. The van der Waals surface area contributed by atoms with E-state index in [0.717, 1.165) is 11.3 Å². The summed E-state index contributed by atoms with van der Waals surface area (Å²) in [6.07, 6.45) is 3.45. The fourth-order valence-electron chi connectivity index (χ4n) is 1.61. The molecule has 6 heteroatoms. The van der Waals surface area contributed by atoms with E-state index in [9.17, 15) is 0 Å². The maximum atomic E-state index is 5.71. The summed E-state index contributed by atoms with van der Waals surface area (Å²) in [6.45, 7) is 2.33. The summed E-state index contributed by atoms with van der Waals surface area (Å²) in [5.41, 5.74) is 7.48. The summed E-state index contributed by atoms with van der Waals surface area (Å²) >= 11 is 0. The van der Waals surface area contributed by atoms with Crippen LogP contribution in [0.1, 0.15) is 11.3 Å². The number of nitrogens with two attached hydrogens (primary N) is 1. The molecule has 16 heavy (non-hydrogen) atoms. The molecule has 0 saturated heterocycles. The molecule has 0 aliphatic heterocycles. The molecule has 0 amide bonds. The van der Waals surface area contributed by atoms with Crippen molar-refractivity contribution in [2.45, 2.75) is 13.5 Å². The Morgan fingerprint density at radius 3 is 2.75 bits per heavy atom. The fourth-order valence-corrected chi connectivity index (χ4v) is 1.61. The molecule has 2 heterocycles. The Hall–Kier alpha value is -1.82. The summed E-state index contributed by atoms with van der Waals surface area (Å²) in [5, 5.41) is 8.30. The second-order valence-electron chi connectivity index (χ2n) is 3.65. The van der Waals surface area contributed by atoms with Crippen molar-refractivity contribution in [1.29, 1.82) is 0 Å². The van der Waals surface area contributed by atoms with Crippen molar-refractivity contribution in [2.24, 2.45) is 19.8 Å². The zero-order valence-electron chi connectivity index (χ0n) is 9.64. The molecule has 0 unspecified atom stereocenters. The van der Waals surface area contributed by atoms with E-state index >= 15 is 0 Å². The van der Waals surface area contributed by atoms with Gasteiger partial charge in [-0.15, -0.1) is 0 Å². The van der Waals surface area contributed by atoms with Crippen molar-refractivity contribution >= 4 is 0 Å². The van der Waals surface area contributed by atoms with Crippen LogP contribution in [0.15, 0.2) is 12.4 Å². The lowest BCUT2D eigenvalue weighted by molar-refractivity contribution is 0.425. The Morgan fingerprint density at radius 2 is 2.19 bits per heavy atom. The minimum absolute atomic E-state index is 0.412. The number of ether oxygens (including phenoxy) is 1. The lowest BCUT2D eigenvalue weighted by Gasteiger charge is -2.04. The van der Waals surface area contributed by atoms with Gasteiger partial charge in [-0.3, -0.25) is 4.68 Å². The highest BCUT2D eigenvalue weighted by Crippen LogP contribution is 2.26. The van der Waals surface area contributed by atoms with Crippen LogP contribution in [0, 0.1) is 6.92 Å². The van der Waals surface area contributed by atoms with Gasteiger partial charge in [0.25, 0.3) is 0 Å². The van der Waals surface area contributed by atoms with Crippen LogP contribution in [0.4, 0.5) is 0 Å². The van der Waals surface area contributed by atoms with Gasteiger partial charge in [-0.05, 0) is 6.92 Å². The van der Waals surface area contributed by atoms with Gasteiger partial charge in [-0.2, -0.15) is 10.2 Å². The average Bonchev–Trinajstić information content (AvgIpc) is 2.73. The topological polar surface area (TPSA) is 70.9 Å². The minimum atomic E-state index is 0.412. The van der Waals surface area contributed by atoms with E-state index in [1.165, 1.54) is 0 Å². The summed E-state index contributed by atoms with van der Waals surface area (Å²) in [4.78, 5) is 0. The highest BCUT2D eigenvalue weighted by atomic mass is 16.5. The van der Waals surface area contributed by atoms with Gasteiger partial charge in [0.2, 0.25) is 5.88 Å². The number of nitrogens with zero attached hydrogens (tertiary/aromatic N) is 4. The zero-order chi connectivity index (χ0) is 11.7. The lowest BCUT2D eigenvalue weighted by Crippen LogP contribution is -2.01. The van der Waals surface area contributed by atoms with Gasteiger partial charge in [-0.25, -0.2) is 4.68 Å². The molecule has 0 aliphatic rings. The number of hydrogen-bond donors (Lipinski definition) is 1. The molecule has 2 aromatic heterocycles. The number of aryl methyl sites for hydroxylation is 3. The van der Waals surface area contributed by atoms with E-state index in [-0.39, 0.29) is 0 Å². The van der Waals surface area contributed by atoms with Crippen LogP contribution in [0.25, 0.3) is 0 Å². The van der Waals surface area contributed by atoms with E-state index in [2.05, 4.69) is 10.2 Å². The maximum absolute atomic E-state index is 5.71.